The summed E-state index contributed by atoms with van der Waals surface area (Å²) in [5, 5.41) is 14.0. The maximum Gasteiger partial charge on any atom is 0.309 e. The van der Waals surface area contributed by atoms with Crippen LogP contribution in [0.25, 0.3) is 10.9 Å². The van der Waals surface area contributed by atoms with E-state index in [9.17, 15) is 14.7 Å². The number of nitrogens with zero attached hydrogens (tertiary/aromatic N) is 1. The number of para-hydroxylation sites is 1. The van der Waals surface area contributed by atoms with Crippen LogP contribution in [0.15, 0.2) is 30.3 Å². The van der Waals surface area contributed by atoms with Gasteiger partial charge in [-0.2, -0.15) is 0 Å². The van der Waals surface area contributed by atoms with Crippen molar-refractivity contribution in [3.8, 4) is 0 Å². The third-order valence-corrected chi connectivity index (χ3v) is 7.16. The van der Waals surface area contributed by atoms with Crippen LogP contribution in [0.2, 0.25) is 0 Å². The summed E-state index contributed by atoms with van der Waals surface area (Å²) < 4.78 is 0. The second kappa shape index (κ2) is 5.54. The maximum absolute atomic E-state index is 13.4. The highest BCUT2D eigenvalue weighted by Crippen LogP contribution is 2.65. The number of carboxylic acids is 1. The SMILES string of the molecule is Cc1nc2ccccc2cc1NC(=O)C12CC3CC(CC(C(=O)O)(C3)C1)C2. The first-order chi connectivity index (χ1) is 12.9. The molecule has 0 saturated heterocycles. The van der Waals surface area contributed by atoms with Gasteiger partial charge in [0.1, 0.15) is 0 Å². The number of aromatic nitrogens is 1. The second-order valence-corrected chi connectivity index (χ2v) is 9.10. The summed E-state index contributed by atoms with van der Waals surface area (Å²) in [6, 6.07) is 9.84. The van der Waals surface area contributed by atoms with Gasteiger partial charge in [-0.15, -0.1) is 0 Å². The number of carbonyl (C=O) groups excluding carboxylic acids is 1. The minimum atomic E-state index is -0.711. The molecular weight excluding hydrogens is 340 g/mol. The van der Waals surface area contributed by atoms with Crippen molar-refractivity contribution in [3.63, 3.8) is 0 Å². The molecule has 5 heteroatoms. The summed E-state index contributed by atoms with van der Waals surface area (Å²) >= 11 is 0. The van der Waals surface area contributed by atoms with Gasteiger partial charge in [0, 0.05) is 5.39 Å². The van der Waals surface area contributed by atoms with Crippen molar-refractivity contribution in [1.29, 1.82) is 0 Å². The Morgan fingerprint density at radius 2 is 1.78 bits per heavy atom. The van der Waals surface area contributed by atoms with Crippen LogP contribution in [0.5, 0.6) is 0 Å². The van der Waals surface area contributed by atoms with E-state index in [1.165, 1.54) is 0 Å². The van der Waals surface area contributed by atoms with E-state index in [1.54, 1.807) is 0 Å². The lowest BCUT2D eigenvalue weighted by atomic mass is 9.44. The number of benzene rings is 1. The van der Waals surface area contributed by atoms with Crippen LogP contribution < -0.4 is 5.32 Å². The first kappa shape index (κ1) is 16.7. The Morgan fingerprint density at radius 1 is 1.11 bits per heavy atom. The zero-order chi connectivity index (χ0) is 18.8. The van der Waals surface area contributed by atoms with Crippen LogP contribution in [0.3, 0.4) is 0 Å². The van der Waals surface area contributed by atoms with Crippen LogP contribution >= 0.6 is 0 Å². The summed E-state index contributed by atoms with van der Waals surface area (Å²) in [5.74, 6) is 0.00702. The third kappa shape index (κ3) is 2.47. The van der Waals surface area contributed by atoms with E-state index in [0.717, 1.165) is 54.4 Å². The zero-order valence-corrected chi connectivity index (χ0v) is 15.5. The van der Waals surface area contributed by atoms with Crippen molar-refractivity contribution in [2.45, 2.75) is 45.4 Å². The average Bonchev–Trinajstić information content (AvgIpc) is 2.61. The normalized spacial score (nSPS) is 34.0. The number of hydrogen-bond acceptors (Lipinski definition) is 3. The van der Waals surface area contributed by atoms with Crippen molar-refractivity contribution in [3.05, 3.63) is 36.0 Å². The number of carboxylic acid groups (broad SMARTS) is 1. The zero-order valence-electron chi connectivity index (χ0n) is 15.5. The summed E-state index contributed by atoms with van der Waals surface area (Å²) in [7, 11) is 0. The lowest BCUT2D eigenvalue weighted by Gasteiger charge is -2.59. The minimum Gasteiger partial charge on any atom is -0.481 e. The van der Waals surface area contributed by atoms with Crippen molar-refractivity contribution in [1.82, 2.24) is 4.98 Å². The molecule has 4 aliphatic rings. The highest BCUT2D eigenvalue weighted by Gasteiger charge is 2.63. The van der Waals surface area contributed by atoms with Gasteiger partial charge >= 0.3 is 5.97 Å². The van der Waals surface area contributed by atoms with Gasteiger partial charge in [0.2, 0.25) is 5.91 Å². The number of carbonyl (C=O) groups is 2. The van der Waals surface area contributed by atoms with E-state index in [0.29, 0.717) is 18.3 Å². The number of rotatable bonds is 3. The highest BCUT2D eigenvalue weighted by molar-refractivity contribution is 5.98. The molecule has 2 N–H and O–H groups in total. The number of fused-ring (bicyclic) bond motifs is 1. The van der Waals surface area contributed by atoms with Crippen molar-refractivity contribution in [2.75, 3.05) is 5.32 Å². The van der Waals surface area contributed by atoms with Gasteiger partial charge in [0.25, 0.3) is 0 Å². The maximum atomic E-state index is 13.4. The average molecular weight is 364 g/mol. The Balaban J connectivity index is 1.48. The number of nitrogens with one attached hydrogen (secondary N) is 1. The monoisotopic (exact) mass is 364 g/mol. The molecule has 4 saturated carbocycles. The molecule has 2 aromatic rings. The summed E-state index contributed by atoms with van der Waals surface area (Å²) in [6.45, 7) is 1.90. The number of aliphatic carboxylic acids is 1. The van der Waals surface area contributed by atoms with Crippen LogP contribution in [0, 0.1) is 29.6 Å². The molecule has 4 aliphatic carbocycles. The predicted molar refractivity (Wildman–Crippen MR) is 102 cm³/mol. The molecule has 27 heavy (non-hydrogen) atoms. The van der Waals surface area contributed by atoms with E-state index in [1.807, 2.05) is 37.3 Å². The van der Waals surface area contributed by atoms with Crippen LogP contribution in [0.1, 0.15) is 44.2 Å². The van der Waals surface area contributed by atoms with Crippen LogP contribution in [0.4, 0.5) is 5.69 Å². The highest BCUT2D eigenvalue weighted by atomic mass is 16.4. The van der Waals surface area contributed by atoms with Crippen LogP contribution in [-0.2, 0) is 9.59 Å². The minimum absolute atomic E-state index is 0.0117. The largest absolute Gasteiger partial charge is 0.481 e. The number of aryl methyl sites for hydroxylation is 1. The van der Waals surface area contributed by atoms with Crippen molar-refractivity contribution >= 4 is 28.5 Å². The lowest BCUT2D eigenvalue weighted by Crippen LogP contribution is -2.58. The third-order valence-electron chi connectivity index (χ3n) is 7.16. The molecule has 6 rings (SSSR count). The van der Waals surface area contributed by atoms with E-state index in [2.05, 4.69) is 10.3 Å². The molecule has 1 aromatic heterocycles. The molecule has 2 unspecified atom stereocenters. The van der Waals surface area contributed by atoms with E-state index >= 15 is 0 Å². The Kier molecular flexibility index (Phi) is 3.43. The lowest BCUT2D eigenvalue weighted by molar-refractivity contribution is -0.177. The summed E-state index contributed by atoms with van der Waals surface area (Å²) in [5.41, 5.74) is 1.20. The molecule has 0 radical (unpaired) electrons. The summed E-state index contributed by atoms with van der Waals surface area (Å²) in [6.07, 6.45) is 4.69. The molecule has 1 amide bonds. The molecule has 4 bridgehead atoms. The van der Waals surface area contributed by atoms with Gasteiger partial charge < -0.3 is 10.4 Å². The molecule has 4 fully saturated rings. The van der Waals surface area contributed by atoms with Crippen molar-refractivity contribution < 1.29 is 14.7 Å². The van der Waals surface area contributed by atoms with Gasteiger partial charge in [0.05, 0.1) is 27.7 Å². The molecular formula is C22H24N2O3. The fourth-order valence-corrected chi connectivity index (χ4v) is 6.37. The Morgan fingerprint density at radius 3 is 2.48 bits per heavy atom. The summed E-state index contributed by atoms with van der Waals surface area (Å²) in [4.78, 5) is 30.0. The molecule has 5 nitrogen and oxygen atoms in total. The van der Waals surface area contributed by atoms with E-state index in [-0.39, 0.29) is 5.91 Å². The number of pyridine rings is 1. The molecule has 0 spiro atoms. The predicted octanol–water partition coefficient (Wildman–Crippen LogP) is 4.15. The first-order valence-electron chi connectivity index (χ1n) is 9.80. The van der Waals surface area contributed by atoms with E-state index in [4.69, 9.17) is 0 Å². The molecule has 0 aliphatic heterocycles. The van der Waals surface area contributed by atoms with Gasteiger partial charge in [0.15, 0.2) is 0 Å². The number of amides is 1. The fourth-order valence-electron chi connectivity index (χ4n) is 6.37. The standard InChI is InChI=1S/C22H24N2O3/c1-13-18(7-16-4-2-3-5-17(16)23-13)24-19(25)21-8-14-6-15(9-21)11-22(10-14,12-21)20(26)27/h2-5,7,14-15H,6,8-12H2,1H3,(H,24,25)(H,26,27). The molecule has 1 heterocycles. The number of hydrogen-bond donors (Lipinski definition) is 2. The fraction of sp³-hybridized carbons (Fsp3) is 0.500. The Bertz CT molecular complexity index is 953. The number of anilines is 1. The molecule has 2 atom stereocenters. The molecule has 1 aromatic carbocycles. The second-order valence-electron chi connectivity index (χ2n) is 9.10. The van der Waals surface area contributed by atoms with Gasteiger partial charge in [-0.3, -0.25) is 14.6 Å². The van der Waals surface area contributed by atoms with Gasteiger partial charge in [-0.1, -0.05) is 18.2 Å². The van der Waals surface area contributed by atoms with Gasteiger partial charge in [-0.05, 0) is 69.4 Å². The molecule has 140 valence electrons. The first-order valence-corrected chi connectivity index (χ1v) is 9.80. The van der Waals surface area contributed by atoms with E-state index < -0.39 is 16.8 Å². The van der Waals surface area contributed by atoms with Crippen molar-refractivity contribution in [2.24, 2.45) is 22.7 Å². The smallest absolute Gasteiger partial charge is 0.309 e. The van der Waals surface area contributed by atoms with Gasteiger partial charge in [-0.25, -0.2) is 0 Å². The Hall–Kier alpha value is -2.43. The quantitative estimate of drug-likeness (QED) is 0.857. The topological polar surface area (TPSA) is 79.3 Å². The van der Waals surface area contributed by atoms with Crippen LogP contribution in [-0.4, -0.2) is 22.0 Å². The Labute approximate surface area is 158 Å².